The van der Waals surface area contributed by atoms with Crippen LogP contribution in [0.1, 0.15) is 48.9 Å². The first-order valence-electron chi connectivity index (χ1n) is 10.2. The Bertz CT molecular complexity index is 584. The highest BCUT2D eigenvalue weighted by molar-refractivity contribution is 8.77. The lowest BCUT2D eigenvalue weighted by Crippen LogP contribution is -2.29. The van der Waals surface area contributed by atoms with Crippen LogP contribution in [-0.4, -0.2) is 59.9 Å². The number of hydrogen-bond donors (Lipinski definition) is 5. The fraction of sp³-hybridized carbons (Fsp3) is 0.650. The molecule has 0 aromatic heterocycles. The first-order chi connectivity index (χ1) is 13.7. The van der Waals surface area contributed by atoms with Gasteiger partial charge in [0.25, 0.3) is 0 Å². The van der Waals surface area contributed by atoms with Crippen molar-refractivity contribution in [3.8, 4) is 5.75 Å². The van der Waals surface area contributed by atoms with Crippen LogP contribution < -0.4 is 16.0 Å². The van der Waals surface area contributed by atoms with Crippen molar-refractivity contribution in [2.45, 2.75) is 43.8 Å². The van der Waals surface area contributed by atoms with E-state index in [1.54, 1.807) is 6.07 Å². The third-order valence-corrected chi connectivity index (χ3v) is 7.68. The van der Waals surface area contributed by atoms with Crippen LogP contribution in [0.25, 0.3) is 0 Å². The quantitative estimate of drug-likeness (QED) is 0.164. The molecule has 0 amide bonds. The molecule has 1 unspecified atom stereocenters. The number of benzene rings is 1. The van der Waals surface area contributed by atoms with Crippen LogP contribution >= 0.6 is 21.6 Å². The van der Waals surface area contributed by atoms with Crippen molar-refractivity contribution in [3.05, 3.63) is 23.8 Å². The number of carboxylic acid groups (broad SMARTS) is 1. The summed E-state index contributed by atoms with van der Waals surface area (Å²) in [5, 5.41) is 29.5. The molecular formula is C20H33N3O3S2. The molecule has 1 aromatic carbocycles. The van der Waals surface area contributed by atoms with Gasteiger partial charge in [-0.15, -0.1) is 0 Å². The molecule has 1 fully saturated rings. The largest absolute Gasteiger partial charge is 0.507 e. The monoisotopic (exact) mass is 427 g/mol. The summed E-state index contributed by atoms with van der Waals surface area (Å²) >= 11 is 0. The van der Waals surface area contributed by atoms with E-state index in [1.807, 2.05) is 10.8 Å². The number of aromatic carboxylic acids is 1. The number of aromatic hydroxyl groups is 1. The fourth-order valence-electron chi connectivity index (χ4n) is 3.05. The molecule has 158 valence electrons. The van der Waals surface area contributed by atoms with E-state index in [2.05, 4.69) is 26.7 Å². The molecule has 1 aliphatic heterocycles. The van der Waals surface area contributed by atoms with Gasteiger partial charge in [0, 0.05) is 36.3 Å². The van der Waals surface area contributed by atoms with E-state index >= 15 is 0 Å². The standard InChI is InChI=1S/C20H33N3O3S2/c24-19-7-6-16(15-18(19)20(25)26)23-11-4-10-22-13-12-21-9-3-1-2-5-17-8-14-27-28-17/h6-7,15,17,21-24H,1-5,8-14H2,(H,25,26). The lowest BCUT2D eigenvalue weighted by Gasteiger charge is -2.10. The topological polar surface area (TPSA) is 93.6 Å². The van der Waals surface area contributed by atoms with Crippen molar-refractivity contribution in [2.75, 3.05) is 43.8 Å². The van der Waals surface area contributed by atoms with E-state index in [0.29, 0.717) is 5.69 Å². The highest BCUT2D eigenvalue weighted by Gasteiger charge is 2.15. The molecule has 0 saturated carbocycles. The Morgan fingerprint density at radius 2 is 1.82 bits per heavy atom. The molecule has 8 heteroatoms. The number of nitrogens with one attached hydrogen (secondary N) is 3. The SMILES string of the molecule is O=C(O)c1cc(NCCCNCCNCCCCCC2CCSS2)ccc1O. The molecule has 0 aliphatic carbocycles. The summed E-state index contributed by atoms with van der Waals surface area (Å²) in [5.41, 5.74) is 0.632. The maximum absolute atomic E-state index is 11.0. The minimum atomic E-state index is -1.12. The molecular weight excluding hydrogens is 394 g/mol. The van der Waals surface area contributed by atoms with Crippen molar-refractivity contribution in [1.82, 2.24) is 10.6 Å². The maximum Gasteiger partial charge on any atom is 0.339 e. The zero-order chi connectivity index (χ0) is 20.0. The maximum atomic E-state index is 11.0. The molecule has 5 N–H and O–H groups in total. The molecule has 1 aromatic rings. The third kappa shape index (κ3) is 9.41. The summed E-state index contributed by atoms with van der Waals surface area (Å²) in [5.74, 6) is 0.00366. The smallest absolute Gasteiger partial charge is 0.339 e. The number of unbranched alkanes of at least 4 members (excludes halogenated alkanes) is 2. The van der Waals surface area contributed by atoms with Crippen LogP contribution in [0.5, 0.6) is 5.75 Å². The van der Waals surface area contributed by atoms with Gasteiger partial charge in [0.1, 0.15) is 11.3 Å². The molecule has 0 spiro atoms. The van der Waals surface area contributed by atoms with Crippen molar-refractivity contribution < 1.29 is 15.0 Å². The zero-order valence-electron chi connectivity index (χ0n) is 16.4. The number of hydrogen-bond acceptors (Lipinski definition) is 7. The molecule has 1 heterocycles. The Kier molecular flexibility index (Phi) is 11.6. The van der Waals surface area contributed by atoms with E-state index < -0.39 is 5.97 Å². The fourth-order valence-corrected chi connectivity index (χ4v) is 6.08. The minimum absolute atomic E-state index is 0.0781. The van der Waals surface area contributed by atoms with Gasteiger partial charge < -0.3 is 26.2 Å². The number of rotatable bonds is 15. The average molecular weight is 428 g/mol. The molecule has 6 nitrogen and oxygen atoms in total. The Labute approximate surface area is 176 Å². The van der Waals surface area contributed by atoms with Gasteiger partial charge in [-0.05, 0) is 57.0 Å². The number of phenols is 1. The Morgan fingerprint density at radius 1 is 1.04 bits per heavy atom. The van der Waals surface area contributed by atoms with E-state index in [1.165, 1.54) is 50.0 Å². The van der Waals surface area contributed by atoms with Gasteiger partial charge in [-0.25, -0.2) is 4.79 Å². The van der Waals surface area contributed by atoms with Gasteiger partial charge >= 0.3 is 5.97 Å². The van der Waals surface area contributed by atoms with Crippen molar-refractivity contribution in [3.63, 3.8) is 0 Å². The van der Waals surface area contributed by atoms with Gasteiger partial charge in [0.15, 0.2) is 0 Å². The van der Waals surface area contributed by atoms with Crippen molar-refractivity contribution in [2.24, 2.45) is 0 Å². The molecule has 2 rings (SSSR count). The predicted molar refractivity (Wildman–Crippen MR) is 121 cm³/mol. The molecule has 1 saturated heterocycles. The molecule has 0 radical (unpaired) electrons. The Hall–Kier alpha value is -1.09. The summed E-state index contributed by atoms with van der Waals surface area (Å²) in [6.45, 7) is 4.71. The predicted octanol–water partition coefficient (Wildman–Crippen LogP) is 3.79. The number of carboxylic acids is 1. The van der Waals surface area contributed by atoms with Gasteiger partial charge in [-0.1, -0.05) is 34.4 Å². The number of anilines is 1. The summed E-state index contributed by atoms with van der Waals surface area (Å²) < 4.78 is 0. The van der Waals surface area contributed by atoms with Crippen LogP contribution in [0, 0.1) is 0 Å². The second kappa shape index (κ2) is 14.0. The van der Waals surface area contributed by atoms with Gasteiger partial charge in [-0.3, -0.25) is 0 Å². The highest BCUT2D eigenvalue weighted by Crippen LogP contribution is 2.39. The summed E-state index contributed by atoms with van der Waals surface area (Å²) in [7, 11) is 4.11. The van der Waals surface area contributed by atoms with Crippen molar-refractivity contribution >= 4 is 33.2 Å². The summed E-state index contributed by atoms with van der Waals surface area (Å²) in [6, 6.07) is 4.55. The lowest BCUT2D eigenvalue weighted by molar-refractivity contribution is 0.0694. The van der Waals surface area contributed by atoms with Gasteiger partial charge in [0.05, 0.1) is 0 Å². The summed E-state index contributed by atoms with van der Waals surface area (Å²) in [6.07, 6.45) is 7.68. The van der Waals surface area contributed by atoms with E-state index in [0.717, 1.165) is 44.4 Å². The molecule has 1 atom stereocenters. The Morgan fingerprint density at radius 3 is 2.54 bits per heavy atom. The van der Waals surface area contributed by atoms with E-state index in [4.69, 9.17) is 5.11 Å². The van der Waals surface area contributed by atoms with Crippen LogP contribution in [0.2, 0.25) is 0 Å². The highest BCUT2D eigenvalue weighted by atomic mass is 33.1. The van der Waals surface area contributed by atoms with E-state index in [9.17, 15) is 9.90 Å². The third-order valence-electron chi connectivity index (χ3n) is 4.67. The van der Waals surface area contributed by atoms with Gasteiger partial charge in [0.2, 0.25) is 0 Å². The molecule has 28 heavy (non-hydrogen) atoms. The normalized spacial score (nSPS) is 16.4. The van der Waals surface area contributed by atoms with Crippen LogP contribution in [0.3, 0.4) is 0 Å². The first kappa shape index (κ1) is 23.2. The van der Waals surface area contributed by atoms with E-state index in [-0.39, 0.29) is 11.3 Å². The first-order valence-corrected chi connectivity index (χ1v) is 12.5. The summed E-state index contributed by atoms with van der Waals surface area (Å²) in [4.78, 5) is 11.0. The van der Waals surface area contributed by atoms with Crippen LogP contribution in [-0.2, 0) is 0 Å². The minimum Gasteiger partial charge on any atom is -0.507 e. The van der Waals surface area contributed by atoms with Crippen LogP contribution in [0.4, 0.5) is 5.69 Å². The van der Waals surface area contributed by atoms with Crippen molar-refractivity contribution in [1.29, 1.82) is 0 Å². The lowest BCUT2D eigenvalue weighted by atomic mass is 10.1. The molecule has 0 bridgehead atoms. The average Bonchev–Trinajstić information content (AvgIpc) is 3.20. The second-order valence-corrected chi connectivity index (χ2v) is 9.78. The second-order valence-electron chi connectivity index (χ2n) is 7.00. The Balaban J connectivity index is 1.37. The number of carbonyl (C=O) groups is 1. The zero-order valence-corrected chi connectivity index (χ0v) is 18.0. The van der Waals surface area contributed by atoms with Crippen LogP contribution in [0.15, 0.2) is 18.2 Å². The molecule has 1 aliphatic rings. The van der Waals surface area contributed by atoms with Gasteiger partial charge in [-0.2, -0.15) is 0 Å².